The SMILES string of the molecule is CC(CO)N(C)CCCC(=O)Nc1ccc(C(N)=S)cc1. The molecule has 0 bridgehead atoms. The predicted molar refractivity (Wildman–Crippen MR) is 89.4 cm³/mol. The number of amides is 1. The summed E-state index contributed by atoms with van der Waals surface area (Å²) in [6.07, 6.45) is 1.19. The second-order valence-corrected chi connectivity index (χ2v) is 5.55. The van der Waals surface area contributed by atoms with Crippen LogP contribution in [0.2, 0.25) is 0 Å². The second kappa shape index (κ2) is 8.71. The van der Waals surface area contributed by atoms with Crippen molar-refractivity contribution in [3.05, 3.63) is 29.8 Å². The third-order valence-electron chi connectivity index (χ3n) is 3.38. The molecule has 1 unspecified atom stereocenters. The molecule has 21 heavy (non-hydrogen) atoms. The number of carbonyl (C=O) groups excluding carboxylic acids is 1. The van der Waals surface area contributed by atoms with E-state index < -0.39 is 0 Å². The number of rotatable bonds is 8. The lowest BCUT2D eigenvalue weighted by Gasteiger charge is -2.22. The van der Waals surface area contributed by atoms with Gasteiger partial charge in [0.25, 0.3) is 0 Å². The van der Waals surface area contributed by atoms with Crippen LogP contribution in [-0.2, 0) is 4.79 Å². The Hall–Kier alpha value is -1.50. The van der Waals surface area contributed by atoms with Crippen molar-refractivity contribution in [3.63, 3.8) is 0 Å². The molecule has 1 amide bonds. The van der Waals surface area contributed by atoms with Crippen LogP contribution < -0.4 is 11.1 Å². The summed E-state index contributed by atoms with van der Waals surface area (Å²) in [6.45, 7) is 2.84. The maximum absolute atomic E-state index is 11.8. The van der Waals surface area contributed by atoms with Gasteiger partial charge in [-0.1, -0.05) is 12.2 Å². The first-order chi connectivity index (χ1) is 9.93. The molecule has 0 aromatic heterocycles. The van der Waals surface area contributed by atoms with Crippen molar-refractivity contribution in [2.45, 2.75) is 25.8 Å². The smallest absolute Gasteiger partial charge is 0.224 e. The van der Waals surface area contributed by atoms with Gasteiger partial charge in [0.05, 0.1) is 6.61 Å². The highest BCUT2D eigenvalue weighted by Gasteiger charge is 2.08. The Morgan fingerprint density at radius 2 is 2.05 bits per heavy atom. The van der Waals surface area contributed by atoms with Gasteiger partial charge < -0.3 is 21.1 Å². The highest BCUT2D eigenvalue weighted by molar-refractivity contribution is 7.80. The van der Waals surface area contributed by atoms with E-state index in [1.54, 1.807) is 24.3 Å². The van der Waals surface area contributed by atoms with Gasteiger partial charge in [0.2, 0.25) is 5.91 Å². The van der Waals surface area contributed by atoms with Crippen molar-refractivity contribution < 1.29 is 9.90 Å². The molecule has 6 heteroatoms. The summed E-state index contributed by atoms with van der Waals surface area (Å²) >= 11 is 4.87. The average molecular weight is 309 g/mol. The van der Waals surface area contributed by atoms with Gasteiger partial charge in [-0.2, -0.15) is 0 Å². The zero-order valence-corrected chi connectivity index (χ0v) is 13.3. The average Bonchev–Trinajstić information content (AvgIpc) is 2.46. The molecule has 0 aliphatic rings. The van der Waals surface area contributed by atoms with Gasteiger partial charge in [-0.15, -0.1) is 0 Å². The van der Waals surface area contributed by atoms with Crippen LogP contribution in [0.1, 0.15) is 25.3 Å². The van der Waals surface area contributed by atoms with Crippen molar-refractivity contribution >= 4 is 28.8 Å². The van der Waals surface area contributed by atoms with Crippen molar-refractivity contribution in [2.24, 2.45) is 5.73 Å². The molecule has 0 fully saturated rings. The molecule has 1 aromatic carbocycles. The highest BCUT2D eigenvalue weighted by Crippen LogP contribution is 2.10. The number of carbonyl (C=O) groups is 1. The zero-order chi connectivity index (χ0) is 15.8. The Bertz CT molecular complexity index is 476. The minimum Gasteiger partial charge on any atom is -0.395 e. The number of likely N-dealkylation sites (N-methyl/N-ethyl adjacent to an activating group) is 1. The molecule has 116 valence electrons. The molecular formula is C15H23N3O2S. The Labute approximate surface area is 131 Å². The fourth-order valence-electron chi connectivity index (χ4n) is 1.79. The summed E-state index contributed by atoms with van der Waals surface area (Å²) in [5, 5.41) is 11.9. The van der Waals surface area contributed by atoms with Gasteiger partial charge in [0.15, 0.2) is 0 Å². The lowest BCUT2D eigenvalue weighted by molar-refractivity contribution is -0.116. The maximum atomic E-state index is 11.8. The summed E-state index contributed by atoms with van der Waals surface area (Å²) in [4.78, 5) is 14.2. The lowest BCUT2D eigenvalue weighted by Crippen LogP contribution is -2.33. The van der Waals surface area contributed by atoms with Crippen molar-refractivity contribution in [3.8, 4) is 0 Å². The summed E-state index contributed by atoms with van der Waals surface area (Å²) in [7, 11) is 1.94. The number of nitrogens with zero attached hydrogens (tertiary/aromatic N) is 1. The maximum Gasteiger partial charge on any atom is 0.224 e. The molecular weight excluding hydrogens is 286 g/mol. The second-order valence-electron chi connectivity index (χ2n) is 5.11. The molecule has 0 aliphatic carbocycles. The first kappa shape index (κ1) is 17.6. The van der Waals surface area contributed by atoms with E-state index in [1.165, 1.54) is 0 Å². The van der Waals surface area contributed by atoms with Crippen molar-refractivity contribution in [1.82, 2.24) is 4.90 Å². The quantitative estimate of drug-likeness (QED) is 0.632. The highest BCUT2D eigenvalue weighted by atomic mass is 32.1. The third kappa shape index (κ3) is 6.20. The molecule has 0 saturated carbocycles. The Morgan fingerprint density at radius 3 is 2.57 bits per heavy atom. The van der Waals surface area contributed by atoms with Crippen LogP contribution in [-0.4, -0.2) is 47.1 Å². The molecule has 0 heterocycles. The molecule has 0 aliphatic heterocycles. The molecule has 1 atom stereocenters. The van der Waals surface area contributed by atoms with Crippen LogP contribution in [0.4, 0.5) is 5.69 Å². The van der Waals surface area contributed by atoms with Gasteiger partial charge in [-0.3, -0.25) is 4.79 Å². The van der Waals surface area contributed by atoms with Crippen LogP contribution >= 0.6 is 12.2 Å². The summed E-state index contributed by atoms with van der Waals surface area (Å²) in [5.74, 6) is -0.0249. The fraction of sp³-hybridized carbons (Fsp3) is 0.467. The van der Waals surface area contributed by atoms with Crippen molar-refractivity contribution in [1.29, 1.82) is 0 Å². The monoisotopic (exact) mass is 309 g/mol. The first-order valence-electron chi connectivity index (χ1n) is 6.95. The summed E-state index contributed by atoms with van der Waals surface area (Å²) in [6, 6.07) is 7.25. The standard InChI is InChI=1S/C15H23N3O2S/c1-11(10-19)18(2)9-3-4-14(20)17-13-7-5-12(6-8-13)15(16)21/h5-8,11,19H,3-4,9-10H2,1-2H3,(H2,16,21)(H,17,20). The van der Waals surface area contributed by atoms with E-state index >= 15 is 0 Å². The molecule has 0 radical (unpaired) electrons. The molecule has 1 rings (SSSR count). The number of benzene rings is 1. The van der Waals surface area contributed by atoms with Crippen LogP contribution in [0.25, 0.3) is 0 Å². The van der Waals surface area contributed by atoms with E-state index in [0.29, 0.717) is 11.4 Å². The van der Waals surface area contributed by atoms with Gasteiger partial charge in [0.1, 0.15) is 4.99 Å². The number of nitrogens with two attached hydrogens (primary N) is 1. The van der Waals surface area contributed by atoms with Gasteiger partial charge in [-0.05, 0) is 51.2 Å². The van der Waals surface area contributed by atoms with E-state index in [4.69, 9.17) is 23.1 Å². The number of nitrogens with one attached hydrogen (secondary N) is 1. The van der Waals surface area contributed by atoms with Crippen LogP contribution in [0, 0.1) is 0 Å². The number of aliphatic hydroxyl groups is 1. The molecule has 1 aromatic rings. The van der Waals surface area contributed by atoms with E-state index in [2.05, 4.69) is 5.32 Å². The van der Waals surface area contributed by atoms with Gasteiger partial charge in [0, 0.05) is 23.7 Å². The zero-order valence-electron chi connectivity index (χ0n) is 12.5. The predicted octanol–water partition coefficient (Wildman–Crippen LogP) is 1.35. The lowest BCUT2D eigenvalue weighted by atomic mass is 10.2. The van der Waals surface area contributed by atoms with Crippen LogP contribution in [0.3, 0.4) is 0 Å². The number of anilines is 1. The first-order valence-corrected chi connectivity index (χ1v) is 7.35. The van der Waals surface area contributed by atoms with Crippen molar-refractivity contribution in [2.75, 3.05) is 25.5 Å². The Morgan fingerprint density at radius 1 is 1.43 bits per heavy atom. The molecule has 5 nitrogen and oxygen atoms in total. The normalized spacial score (nSPS) is 12.2. The van der Waals surface area contributed by atoms with Gasteiger partial charge in [-0.25, -0.2) is 0 Å². The summed E-state index contributed by atoms with van der Waals surface area (Å²) in [5.41, 5.74) is 7.03. The minimum absolute atomic E-state index is 0.0249. The number of aliphatic hydroxyl groups excluding tert-OH is 1. The van der Waals surface area contributed by atoms with Gasteiger partial charge >= 0.3 is 0 Å². The number of hydrogen-bond donors (Lipinski definition) is 3. The Balaban J connectivity index is 2.35. The molecule has 0 spiro atoms. The van der Waals surface area contributed by atoms with E-state index in [0.717, 1.165) is 24.2 Å². The third-order valence-corrected chi connectivity index (χ3v) is 3.62. The van der Waals surface area contributed by atoms with Crippen LogP contribution in [0.15, 0.2) is 24.3 Å². The van der Waals surface area contributed by atoms with E-state index in [1.807, 2.05) is 18.9 Å². The number of hydrogen-bond acceptors (Lipinski definition) is 4. The minimum atomic E-state index is -0.0249. The molecule has 4 N–H and O–H groups in total. The largest absolute Gasteiger partial charge is 0.395 e. The topological polar surface area (TPSA) is 78.6 Å². The summed E-state index contributed by atoms with van der Waals surface area (Å²) < 4.78 is 0. The van der Waals surface area contributed by atoms with Crippen LogP contribution in [0.5, 0.6) is 0 Å². The molecule has 0 saturated heterocycles. The van der Waals surface area contributed by atoms with E-state index in [-0.39, 0.29) is 18.6 Å². The fourth-order valence-corrected chi connectivity index (χ4v) is 1.93. The Kier molecular flexibility index (Phi) is 7.28. The van der Waals surface area contributed by atoms with E-state index in [9.17, 15) is 4.79 Å². The number of thiocarbonyl (C=S) groups is 1.